The van der Waals surface area contributed by atoms with Crippen LogP contribution in [0.15, 0.2) is 36.7 Å². The number of benzene rings is 1. The third-order valence-corrected chi connectivity index (χ3v) is 2.62. The number of aromatic nitrogens is 2. The molecule has 1 N–H and O–H groups in total. The molecule has 0 amide bonds. The van der Waals surface area contributed by atoms with E-state index in [0.29, 0.717) is 0 Å². The number of carbonyl (C=O) groups is 1. The lowest BCUT2D eigenvalue weighted by Gasteiger charge is -2.06. The van der Waals surface area contributed by atoms with E-state index in [1.165, 1.54) is 0 Å². The molecule has 0 aliphatic heterocycles. The lowest BCUT2D eigenvalue weighted by molar-refractivity contribution is -0.136. The average Bonchev–Trinajstić information content (AvgIpc) is 2.64. The minimum atomic E-state index is -0.805. The Morgan fingerprint density at radius 1 is 1.41 bits per heavy atom. The highest BCUT2D eigenvalue weighted by Crippen LogP contribution is 2.09. The van der Waals surface area contributed by atoms with E-state index in [4.69, 9.17) is 5.11 Å². The quantitative estimate of drug-likeness (QED) is 0.872. The Kier molecular flexibility index (Phi) is 3.23. The minimum absolute atomic E-state index is 0.0662. The molecule has 1 heterocycles. The lowest BCUT2D eigenvalue weighted by Crippen LogP contribution is -2.03. The number of rotatable bonds is 4. The molecule has 0 aliphatic rings. The summed E-state index contributed by atoms with van der Waals surface area (Å²) in [6.45, 7) is 2.67. The van der Waals surface area contributed by atoms with Gasteiger partial charge in [-0.25, -0.2) is 4.98 Å². The van der Waals surface area contributed by atoms with Crippen molar-refractivity contribution in [2.75, 3.05) is 0 Å². The summed E-state index contributed by atoms with van der Waals surface area (Å²) < 4.78 is 2.03. The van der Waals surface area contributed by atoms with Crippen molar-refractivity contribution in [3.8, 4) is 0 Å². The molecule has 0 fully saturated rings. The first-order valence-electron chi connectivity index (χ1n) is 5.42. The monoisotopic (exact) mass is 230 g/mol. The van der Waals surface area contributed by atoms with E-state index in [9.17, 15) is 4.79 Å². The van der Waals surface area contributed by atoms with Crippen LogP contribution < -0.4 is 0 Å². The zero-order valence-corrected chi connectivity index (χ0v) is 9.63. The van der Waals surface area contributed by atoms with E-state index in [2.05, 4.69) is 4.98 Å². The number of hydrogen-bond donors (Lipinski definition) is 1. The summed E-state index contributed by atoms with van der Waals surface area (Å²) in [4.78, 5) is 14.8. The van der Waals surface area contributed by atoms with Gasteiger partial charge in [-0.15, -0.1) is 0 Å². The molecule has 88 valence electrons. The highest BCUT2D eigenvalue weighted by molar-refractivity contribution is 5.70. The molecule has 0 unspecified atom stereocenters. The standard InChI is InChI=1S/C13H14N2O2/c1-10-14-5-6-15(10)9-12-4-2-3-11(7-12)8-13(16)17/h2-7H,8-9H2,1H3,(H,16,17). The molecule has 2 aromatic rings. The summed E-state index contributed by atoms with van der Waals surface area (Å²) in [6, 6.07) is 7.64. The fourth-order valence-electron chi connectivity index (χ4n) is 1.78. The summed E-state index contributed by atoms with van der Waals surface area (Å²) in [6.07, 6.45) is 3.74. The second-order valence-corrected chi connectivity index (χ2v) is 3.99. The highest BCUT2D eigenvalue weighted by Gasteiger charge is 2.03. The topological polar surface area (TPSA) is 55.1 Å². The fourth-order valence-corrected chi connectivity index (χ4v) is 1.78. The van der Waals surface area contributed by atoms with Crippen LogP contribution in [0.1, 0.15) is 17.0 Å². The summed E-state index contributed by atoms with van der Waals surface area (Å²) in [7, 11) is 0. The van der Waals surface area contributed by atoms with Gasteiger partial charge in [0, 0.05) is 18.9 Å². The Hall–Kier alpha value is -2.10. The van der Waals surface area contributed by atoms with E-state index in [-0.39, 0.29) is 6.42 Å². The van der Waals surface area contributed by atoms with Crippen molar-refractivity contribution in [2.45, 2.75) is 19.9 Å². The van der Waals surface area contributed by atoms with E-state index in [1.807, 2.05) is 42.0 Å². The smallest absolute Gasteiger partial charge is 0.307 e. The fraction of sp³-hybridized carbons (Fsp3) is 0.231. The zero-order chi connectivity index (χ0) is 12.3. The van der Waals surface area contributed by atoms with Crippen LogP contribution in [0.3, 0.4) is 0 Å². The van der Waals surface area contributed by atoms with Crippen LogP contribution in [0.4, 0.5) is 0 Å². The second kappa shape index (κ2) is 4.82. The van der Waals surface area contributed by atoms with Crippen molar-refractivity contribution in [2.24, 2.45) is 0 Å². The normalized spacial score (nSPS) is 10.4. The van der Waals surface area contributed by atoms with E-state index in [1.54, 1.807) is 6.20 Å². The van der Waals surface area contributed by atoms with E-state index < -0.39 is 5.97 Å². The predicted molar refractivity (Wildman–Crippen MR) is 63.8 cm³/mol. The van der Waals surface area contributed by atoms with Crippen LogP contribution >= 0.6 is 0 Å². The molecule has 4 nitrogen and oxygen atoms in total. The Bertz CT molecular complexity index is 532. The molecule has 0 saturated heterocycles. The molecular weight excluding hydrogens is 216 g/mol. The van der Waals surface area contributed by atoms with E-state index >= 15 is 0 Å². The van der Waals surface area contributed by atoms with Gasteiger partial charge in [0.2, 0.25) is 0 Å². The second-order valence-electron chi connectivity index (χ2n) is 3.99. The lowest BCUT2D eigenvalue weighted by atomic mass is 10.1. The van der Waals surface area contributed by atoms with Crippen LogP contribution in [-0.4, -0.2) is 20.6 Å². The molecule has 1 aromatic heterocycles. The van der Waals surface area contributed by atoms with Gasteiger partial charge < -0.3 is 9.67 Å². The first kappa shape index (κ1) is 11.4. The maximum absolute atomic E-state index is 10.6. The number of imidazole rings is 1. The van der Waals surface area contributed by atoms with Crippen molar-refractivity contribution in [3.63, 3.8) is 0 Å². The van der Waals surface area contributed by atoms with Gasteiger partial charge in [0.05, 0.1) is 6.42 Å². The third kappa shape index (κ3) is 2.93. The molecule has 0 bridgehead atoms. The molecule has 0 atom stereocenters. The molecule has 0 spiro atoms. The van der Waals surface area contributed by atoms with Gasteiger partial charge in [-0.2, -0.15) is 0 Å². The van der Waals surface area contributed by atoms with Crippen molar-refractivity contribution >= 4 is 5.97 Å². The van der Waals surface area contributed by atoms with Crippen molar-refractivity contribution in [1.29, 1.82) is 0 Å². The first-order valence-corrected chi connectivity index (χ1v) is 5.42. The SMILES string of the molecule is Cc1nccn1Cc1cccc(CC(=O)O)c1. The number of aliphatic carboxylic acids is 1. The van der Waals surface area contributed by atoms with Crippen LogP contribution in [0.25, 0.3) is 0 Å². The van der Waals surface area contributed by atoms with Crippen LogP contribution in [-0.2, 0) is 17.8 Å². The molecule has 0 aliphatic carbocycles. The molecule has 0 radical (unpaired) electrons. The summed E-state index contributed by atoms with van der Waals surface area (Å²) in [5, 5.41) is 8.74. The van der Waals surface area contributed by atoms with Gasteiger partial charge in [-0.3, -0.25) is 4.79 Å². The average molecular weight is 230 g/mol. The molecule has 17 heavy (non-hydrogen) atoms. The van der Waals surface area contributed by atoms with Crippen LogP contribution in [0.2, 0.25) is 0 Å². The highest BCUT2D eigenvalue weighted by atomic mass is 16.4. The number of aryl methyl sites for hydroxylation is 1. The Morgan fingerprint density at radius 3 is 2.82 bits per heavy atom. The Labute approximate surface area is 99.5 Å². The third-order valence-electron chi connectivity index (χ3n) is 2.62. The maximum atomic E-state index is 10.6. The Balaban J connectivity index is 2.16. The first-order chi connectivity index (χ1) is 8.15. The largest absolute Gasteiger partial charge is 0.481 e. The summed E-state index contributed by atoms with van der Waals surface area (Å²) in [5.74, 6) is 0.148. The number of carboxylic acid groups (broad SMARTS) is 1. The van der Waals surface area contributed by atoms with Crippen molar-refractivity contribution < 1.29 is 9.90 Å². The number of nitrogens with zero attached hydrogens (tertiary/aromatic N) is 2. The maximum Gasteiger partial charge on any atom is 0.307 e. The van der Waals surface area contributed by atoms with Gasteiger partial charge in [-0.05, 0) is 18.1 Å². The molecule has 1 aromatic carbocycles. The predicted octanol–water partition coefficient (Wildman–Crippen LogP) is 1.87. The van der Waals surface area contributed by atoms with Gasteiger partial charge >= 0.3 is 5.97 Å². The van der Waals surface area contributed by atoms with Gasteiger partial charge in [0.25, 0.3) is 0 Å². The van der Waals surface area contributed by atoms with Gasteiger partial charge in [0.1, 0.15) is 5.82 Å². The Morgan fingerprint density at radius 2 is 2.18 bits per heavy atom. The van der Waals surface area contributed by atoms with Crippen LogP contribution in [0, 0.1) is 6.92 Å². The van der Waals surface area contributed by atoms with E-state index in [0.717, 1.165) is 23.5 Å². The minimum Gasteiger partial charge on any atom is -0.481 e. The van der Waals surface area contributed by atoms with Crippen LogP contribution in [0.5, 0.6) is 0 Å². The number of hydrogen-bond acceptors (Lipinski definition) is 2. The number of carboxylic acids is 1. The van der Waals surface area contributed by atoms with Gasteiger partial charge in [-0.1, -0.05) is 24.3 Å². The summed E-state index contributed by atoms with van der Waals surface area (Å²) >= 11 is 0. The zero-order valence-electron chi connectivity index (χ0n) is 9.63. The van der Waals surface area contributed by atoms with Crippen molar-refractivity contribution in [1.82, 2.24) is 9.55 Å². The molecule has 4 heteroatoms. The molecule has 2 rings (SSSR count). The summed E-state index contributed by atoms with van der Waals surface area (Å²) in [5.41, 5.74) is 1.91. The van der Waals surface area contributed by atoms with Crippen molar-refractivity contribution in [3.05, 3.63) is 53.6 Å². The molecule has 0 saturated carbocycles. The van der Waals surface area contributed by atoms with Gasteiger partial charge in [0.15, 0.2) is 0 Å². The molecular formula is C13H14N2O2.